The molecule has 0 saturated heterocycles. The smallest absolute Gasteiger partial charge is 0.0136 e. The zero-order valence-electron chi connectivity index (χ0n) is 7.44. The van der Waals surface area contributed by atoms with Crippen molar-refractivity contribution in [1.29, 1.82) is 0 Å². The van der Waals surface area contributed by atoms with Crippen LogP contribution < -0.4 is 0 Å². The quantitative estimate of drug-likeness (QED) is 0.400. The molecule has 0 fully saturated rings. The van der Waals surface area contributed by atoms with Gasteiger partial charge in [0, 0.05) is 3.92 Å². The molecule has 1 heteroatoms. The zero-order chi connectivity index (χ0) is 8.85. The summed E-state index contributed by atoms with van der Waals surface area (Å²) in [6, 6.07) is 0. The van der Waals surface area contributed by atoms with Crippen molar-refractivity contribution in [3.63, 3.8) is 0 Å². The minimum Gasteiger partial charge on any atom is -0.0988 e. The average molecular weight is 264 g/mol. The van der Waals surface area contributed by atoms with Gasteiger partial charge in [0.15, 0.2) is 0 Å². The Morgan fingerprint density at radius 3 is 2.45 bits per heavy atom. The highest BCUT2D eigenvalue weighted by molar-refractivity contribution is 14.1. The van der Waals surface area contributed by atoms with Crippen molar-refractivity contribution in [2.45, 2.75) is 30.6 Å². The third-order valence-electron chi connectivity index (χ3n) is 1.75. The van der Waals surface area contributed by atoms with Crippen LogP contribution in [0.25, 0.3) is 0 Å². The Morgan fingerprint density at radius 2 is 2.09 bits per heavy atom. The maximum absolute atomic E-state index is 3.88. The van der Waals surface area contributed by atoms with Crippen LogP contribution in [0.2, 0.25) is 0 Å². The van der Waals surface area contributed by atoms with Gasteiger partial charge in [-0.25, -0.2) is 0 Å². The van der Waals surface area contributed by atoms with Gasteiger partial charge in [0.2, 0.25) is 0 Å². The highest BCUT2D eigenvalue weighted by Gasteiger charge is 2.07. The van der Waals surface area contributed by atoms with E-state index >= 15 is 0 Å². The number of alkyl halides is 1. The lowest BCUT2D eigenvalue weighted by Gasteiger charge is -2.12. The Balaban J connectivity index is 3.53. The maximum atomic E-state index is 3.88. The second kappa shape index (κ2) is 5.81. The molecule has 11 heavy (non-hydrogen) atoms. The first-order valence-electron chi connectivity index (χ1n) is 4.02. The van der Waals surface area contributed by atoms with E-state index in [1.165, 1.54) is 6.42 Å². The van der Waals surface area contributed by atoms with Crippen molar-refractivity contribution in [3.05, 3.63) is 24.8 Å². The molecule has 0 aromatic rings. The Bertz CT molecular complexity index is 136. The third kappa shape index (κ3) is 5.48. The van der Waals surface area contributed by atoms with Gasteiger partial charge in [0.05, 0.1) is 0 Å². The summed E-state index contributed by atoms with van der Waals surface area (Å²) in [5.74, 6) is 0.771. The van der Waals surface area contributed by atoms with Gasteiger partial charge < -0.3 is 0 Å². The minimum atomic E-state index is 0.768. The molecular weight excluding hydrogens is 247 g/mol. The summed E-state index contributed by atoms with van der Waals surface area (Å²) in [6.07, 6.45) is 4.17. The molecule has 0 amide bonds. The van der Waals surface area contributed by atoms with Crippen molar-refractivity contribution in [3.8, 4) is 0 Å². The number of allylic oxidation sites excluding steroid dienone is 2. The third-order valence-corrected chi connectivity index (χ3v) is 3.81. The van der Waals surface area contributed by atoms with Crippen molar-refractivity contribution in [2.75, 3.05) is 0 Å². The summed E-state index contributed by atoms with van der Waals surface area (Å²) >= 11 is 2.51. The first-order valence-corrected chi connectivity index (χ1v) is 5.26. The van der Waals surface area contributed by atoms with Crippen LogP contribution in [0.4, 0.5) is 0 Å². The van der Waals surface area contributed by atoms with E-state index < -0.39 is 0 Å². The molecule has 1 atom stereocenters. The molecule has 0 N–H and O–H groups in total. The van der Waals surface area contributed by atoms with Gasteiger partial charge in [-0.1, -0.05) is 61.2 Å². The summed E-state index contributed by atoms with van der Waals surface area (Å²) in [5.41, 5.74) is 1.16. The summed E-state index contributed by atoms with van der Waals surface area (Å²) < 4.78 is 0.768. The highest BCUT2D eigenvalue weighted by atomic mass is 127. The molecule has 0 radical (unpaired) electrons. The highest BCUT2D eigenvalue weighted by Crippen LogP contribution is 2.20. The van der Waals surface area contributed by atoms with Crippen LogP contribution in [-0.4, -0.2) is 3.92 Å². The second-order valence-corrected chi connectivity index (χ2v) is 4.76. The predicted molar refractivity (Wildman–Crippen MR) is 61.2 cm³/mol. The number of hydrogen-bond acceptors (Lipinski definition) is 0. The standard InChI is InChI=1S/C10H17I/c1-5-9(4)6-7-10(11)8(2)3/h5,8,10H,1,4,6-7H2,2-3H3. The van der Waals surface area contributed by atoms with E-state index in [0.717, 1.165) is 21.8 Å². The Morgan fingerprint density at radius 1 is 1.55 bits per heavy atom. The van der Waals surface area contributed by atoms with E-state index in [4.69, 9.17) is 0 Å². The van der Waals surface area contributed by atoms with Crippen LogP contribution in [0.3, 0.4) is 0 Å². The summed E-state index contributed by atoms with van der Waals surface area (Å²) in [5, 5.41) is 0. The minimum absolute atomic E-state index is 0.768. The Labute approximate surface area is 83.9 Å². The topological polar surface area (TPSA) is 0 Å². The summed E-state index contributed by atoms with van der Waals surface area (Å²) in [4.78, 5) is 0. The van der Waals surface area contributed by atoms with E-state index in [9.17, 15) is 0 Å². The molecule has 0 aliphatic carbocycles. The molecule has 0 aliphatic heterocycles. The fourth-order valence-electron chi connectivity index (χ4n) is 0.759. The van der Waals surface area contributed by atoms with Gasteiger partial charge in [-0.15, -0.1) is 0 Å². The largest absolute Gasteiger partial charge is 0.0988 e. The van der Waals surface area contributed by atoms with Crippen molar-refractivity contribution < 1.29 is 0 Å². The van der Waals surface area contributed by atoms with Crippen LogP contribution in [0.5, 0.6) is 0 Å². The van der Waals surface area contributed by atoms with E-state index in [2.05, 4.69) is 49.6 Å². The lowest BCUT2D eigenvalue weighted by Crippen LogP contribution is -2.06. The molecule has 0 aliphatic rings. The Kier molecular flexibility index (Phi) is 5.92. The van der Waals surface area contributed by atoms with Gasteiger partial charge >= 0.3 is 0 Å². The molecule has 0 bridgehead atoms. The van der Waals surface area contributed by atoms with Gasteiger partial charge in [0.1, 0.15) is 0 Å². The molecule has 1 unspecified atom stereocenters. The number of halogens is 1. The van der Waals surface area contributed by atoms with Gasteiger partial charge in [0.25, 0.3) is 0 Å². The molecule has 0 heterocycles. The average Bonchev–Trinajstić information content (AvgIpc) is 1.99. The number of hydrogen-bond donors (Lipinski definition) is 0. The van der Waals surface area contributed by atoms with Crippen LogP contribution >= 0.6 is 22.6 Å². The van der Waals surface area contributed by atoms with Crippen LogP contribution in [0, 0.1) is 5.92 Å². The fourth-order valence-corrected chi connectivity index (χ4v) is 1.07. The molecule has 0 saturated carbocycles. The summed E-state index contributed by atoms with van der Waals surface area (Å²) in [7, 11) is 0. The van der Waals surface area contributed by atoms with Crippen molar-refractivity contribution in [1.82, 2.24) is 0 Å². The van der Waals surface area contributed by atoms with Crippen LogP contribution in [0.15, 0.2) is 24.8 Å². The van der Waals surface area contributed by atoms with Gasteiger partial charge in [-0.2, -0.15) is 0 Å². The normalized spacial score (nSPS) is 13.1. The predicted octanol–water partition coefficient (Wildman–Crippen LogP) is 3.97. The monoisotopic (exact) mass is 264 g/mol. The molecule has 0 aromatic carbocycles. The van der Waals surface area contributed by atoms with Gasteiger partial charge in [-0.05, 0) is 18.8 Å². The van der Waals surface area contributed by atoms with Crippen LogP contribution in [-0.2, 0) is 0 Å². The van der Waals surface area contributed by atoms with E-state index in [1.807, 2.05) is 6.08 Å². The molecule has 0 nitrogen and oxygen atoms in total. The molecule has 0 rings (SSSR count). The lowest BCUT2D eigenvalue weighted by atomic mass is 10.0. The molecular formula is C10H17I. The second-order valence-electron chi connectivity index (χ2n) is 3.16. The lowest BCUT2D eigenvalue weighted by molar-refractivity contribution is 0.593. The first-order chi connectivity index (χ1) is 5.07. The number of rotatable bonds is 5. The first kappa shape index (κ1) is 11.2. The fraction of sp³-hybridized carbons (Fsp3) is 0.600. The molecule has 0 spiro atoms. The van der Waals surface area contributed by atoms with Crippen molar-refractivity contribution in [2.24, 2.45) is 5.92 Å². The molecule has 0 aromatic heterocycles. The van der Waals surface area contributed by atoms with Gasteiger partial charge in [-0.3, -0.25) is 0 Å². The van der Waals surface area contributed by atoms with Crippen LogP contribution in [0.1, 0.15) is 26.7 Å². The zero-order valence-corrected chi connectivity index (χ0v) is 9.60. The van der Waals surface area contributed by atoms with E-state index in [0.29, 0.717) is 0 Å². The SMILES string of the molecule is C=CC(=C)CCC(I)C(C)C. The Hall–Kier alpha value is 0.210. The van der Waals surface area contributed by atoms with Crippen molar-refractivity contribution >= 4 is 22.6 Å². The van der Waals surface area contributed by atoms with E-state index in [1.54, 1.807) is 0 Å². The molecule has 64 valence electrons. The van der Waals surface area contributed by atoms with E-state index in [-0.39, 0.29) is 0 Å². The maximum Gasteiger partial charge on any atom is 0.0136 e. The summed E-state index contributed by atoms with van der Waals surface area (Å²) in [6.45, 7) is 12.1.